The van der Waals surface area contributed by atoms with Crippen LogP contribution in [-0.4, -0.2) is 40.3 Å². The number of carbonyl (C=O) groups is 2. The summed E-state index contributed by atoms with van der Waals surface area (Å²) in [6.45, 7) is 4.61. The Bertz CT molecular complexity index is 561. The summed E-state index contributed by atoms with van der Waals surface area (Å²) < 4.78 is 5.44. The molecule has 1 aromatic carbocycles. The van der Waals surface area contributed by atoms with Crippen LogP contribution < -0.4 is 4.74 Å². The molecular formula is C18H25NO4S. The van der Waals surface area contributed by atoms with Crippen LogP contribution in [0.25, 0.3) is 0 Å². The van der Waals surface area contributed by atoms with Gasteiger partial charge in [-0.15, -0.1) is 11.8 Å². The van der Waals surface area contributed by atoms with Gasteiger partial charge in [-0.1, -0.05) is 31.9 Å². The highest BCUT2D eigenvalue weighted by atomic mass is 32.2. The minimum absolute atomic E-state index is 0.0697. The van der Waals surface area contributed by atoms with E-state index in [0.29, 0.717) is 18.8 Å². The fraction of sp³-hybridized carbons (Fsp3) is 0.556. The molecule has 1 N–H and O–H groups in total. The standard InChI is InChI=1S/C18H25NO4S/c1-3-5-6-7-16(20)19-15(18(21)22)12-24-17(19)13-8-10-14(11-9-13)23-4-2/h8-11,15,17H,3-7,12H2,1-2H3,(H,21,22). The lowest BCUT2D eigenvalue weighted by atomic mass is 10.1. The van der Waals surface area contributed by atoms with Crippen molar-refractivity contribution < 1.29 is 19.4 Å². The maximum absolute atomic E-state index is 12.6. The van der Waals surface area contributed by atoms with Crippen LogP contribution in [-0.2, 0) is 9.59 Å². The highest BCUT2D eigenvalue weighted by molar-refractivity contribution is 7.99. The number of aliphatic carboxylic acids is 1. The van der Waals surface area contributed by atoms with E-state index in [-0.39, 0.29) is 11.3 Å². The molecule has 0 spiro atoms. The zero-order chi connectivity index (χ0) is 17.5. The van der Waals surface area contributed by atoms with Gasteiger partial charge in [-0.3, -0.25) is 4.79 Å². The third-order valence-corrected chi connectivity index (χ3v) is 5.37. The second kappa shape index (κ2) is 8.97. The molecule has 1 aliphatic heterocycles. The topological polar surface area (TPSA) is 66.8 Å². The lowest BCUT2D eigenvalue weighted by molar-refractivity contribution is -0.149. The number of ether oxygens (including phenoxy) is 1. The molecular weight excluding hydrogens is 326 g/mol. The third kappa shape index (κ3) is 4.44. The Morgan fingerprint density at radius 2 is 1.96 bits per heavy atom. The zero-order valence-corrected chi connectivity index (χ0v) is 15.1. The number of carboxylic acids is 1. The summed E-state index contributed by atoms with van der Waals surface area (Å²) in [5.41, 5.74) is 0.941. The normalized spacial score (nSPS) is 20.2. The number of rotatable bonds is 8. The van der Waals surface area contributed by atoms with Crippen LogP contribution in [0.4, 0.5) is 0 Å². The minimum atomic E-state index is -0.931. The average molecular weight is 351 g/mol. The average Bonchev–Trinajstić information content (AvgIpc) is 3.01. The molecule has 5 nitrogen and oxygen atoms in total. The quantitative estimate of drug-likeness (QED) is 0.724. The Morgan fingerprint density at radius 1 is 1.25 bits per heavy atom. The van der Waals surface area contributed by atoms with Gasteiger partial charge in [0.25, 0.3) is 0 Å². The highest BCUT2D eigenvalue weighted by Gasteiger charge is 2.41. The van der Waals surface area contributed by atoms with E-state index in [1.54, 1.807) is 4.90 Å². The first kappa shape index (κ1) is 18.6. The molecule has 0 saturated carbocycles. The molecule has 1 saturated heterocycles. The van der Waals surface area contributed by atoms with Crippen molar-refractivity contribution in [2.24, 2.45) is 0 Å². The Balaban J connectivity index is 2.16. The SMILES string of the molecule is CCCCCC(=O)N1C(C(=O)O)CSC1c1ccc(OCC)cc1. The second-order valence-corrected chi connectivity index (χ2v) is 6.91. The molecule has 2 unspecified atom stereocenters. The molecule has 132 valence electrons. The molecule has 0 aliphatic carbocycles. The van der Waals surface area contributed by atoms with Gasteiger partial charge in [0.1, 0.15) is 17.2 Å². The zero-order valence-electron chi connectivity index (χ0n) is 14.2. The first-order valence-electron chi connectivity index (χ1n) is 8.46. The van der Waals surface area contributed by atoms with Gasteiger partial charge in [0.15, 0.2) is 0 Å². The lowest BCUT2D eigenvalue weighted by Gasteiger charge is -2.28. The van der Waals surface area contributed by atoms with E-state index in [4.69, 9.17) is 4.74 Å². The first-order valence-corrected chi connectivity index (χ1v) is 9.51. The van der Waals surface area contributed by atoms with Crippen LogP contribution >= 0.6 is 11.8 Å². The number of amides is 1. The van der Waals surface area contributed by atoms with Crippen molar-refractivity contribution in [3.8, 4) is 5.75 Å². The summed E-state index contributed by atoms with van der Waals surface area (Å²) in [6, 6.07) is 6.82. The molecule has 6 heteroatoms. The summed E-state index contributed by atoms with van der Waals surface area (Å²) in [7, 11) is 0. The van der Waals surface area contributed by atoms with Gasteiger partial charge in [0.05, 0.1) is 6.61 Å². The van der Waals surface area contributed by atoms with Gasteiger partial charge in [-0.2, -0.15) is 0 Å². The molecule has 24 heavy (non-hydrogen) atoms. The Hall–Kier alpha value is -1.69. The maximum Gasteiger partial charge on any atom is 0.327 e. The summed E-state index contributed by atoms with van der Waals surface area (Å²) in [4.78, 5) is 25.7. The Kier molecular flexibility index (Phi) is 6.97. The van der Waals surface area contributed by atoms with Crippen molar-refractivity contribution in [2.75, 3.05) is 12.4 Å². The van der Waals surface area contributed by atoms with E-state index in [0.717, 1.165) is 30.6 Å². The summed E-state index contributed by atoms with van der Waals surface area (Å²) in [6.07, 6.45) is 3.23. The van der Waals surface area contributed by atoms with Gasteiger partial charge < -0.3 is 14.7 Å². The number of carboxylic acid groups (broad SMARTS) is 1. The van der Waals surface area contributed by atoms with E-state index >= 15 is 0 Å². The van der Waals surface area contributed by atoms with Gasteiger partial charge in [0.2, 0.25) is 5.91 Å². The van der Waals surface area contributed by atoms with Crippen molar-refractivity contribution in [2.45, 2.75) is 50.9 Å². The summed E-state index contributed by atoms with van der Waals surface area (Å²) >= 11 is 1.51. The number of nitrogens with zero attached hydrogens (tertiary/aromatic N) is 1. The van der Waals surface area contributed by atoms with Crippen LogP contribution in [0.1, 0.15) is 50.5 Å². The number of thioether (sulfide) groups is 1. The number of benzene rings is 1. The number of hydrogen-bond acceptors (Lipinski definition) is 4. The Labute approximate surface area is 147 Å². The molecule has 1 amide bonds. The maximum atomic E-state index is 12.6. The molecule has 2 rings (SSSR count). The molecule has 2 atom stereocenters. The van der Waals surface area contributed by atoms with Crippen molar-refractivity contribution in [1.82, 2.24) is 4.90 Å². The molecule has 1 aromatic rings. The molecule has 0 radical (unpaired) electrons. The molecule has 1 heterocycles. The van der Waals surface area contributed by atoms with E-state index in [1.807, 2.05) is 31.2 Å². The van der Waals surface area contributed by atoms with Crippen LogP contribution in [0.2, 0.25) is 0 Å². The van der Waals surface area contributed by atoms with Crippen LogP contribution in [0.15, 0.2) is 24.3 Å². The monoisotopic (exact) mass is 351 g/mol. The molecule has 0 aromatic heterocycles. The fourth-order valence-corrected chi connectivity index (χ4v) is 4.25. The lowest BCUT2D eigenvalue weighted by Crippen LogP contribution is -2.42. The fourth-order valence-electron chi connectivity index (χ4n) is 2.81. The number of unbranched alkanes of at least 4 members (excludes halogenated alkanes) is 2. The van der Waals surface area contributed by atoms with Crippen LogP contribution in [0.3, 0.4) is 0 Å². The first-order chi connectivity index (χ1) is 11.6. The van der Waals surface area contributed by atoms with Crippen LogP contribution in [0, 0.1) is 0 Å². The smallest absolute Gasteiger partial charge is 0.327 e. The third-order valence-electron chi connectivity index (χ3n) is 4.04. The van der Waals surface area contributed by atoms with E-state index < -0.39 is 12.0 Å². The van der Waals surface area contributed by atoms with Crippen molar-refractivity contribution in [1.29, 1.82) is 0 Å². The summed E-state index contributed by atoms with van der Waals surface area (Å²) in [5.74, 6) is 0.201. The van der Waals surface area contributed by atoms with Crippen molar-refractivity contribution in [3.05, 3.63) is 29.8 Å². The molecule has 1 fully saturated rings. The Morgan fingerprint density at radius 3 is 2.54 bits per heavy atom. The number of carbonyl (C=O) groups excluding carboxylic acids is 1. The van der Waals surface area contributed by atoms with Crippen molar-refractivity contribution in [3.63, 3.8) is 0 Å². The highest BCUT2D eigenvalue weighted by Crippen LogP contribution is 2.42. The predicted molar refractivity (Wildman–Crippen MR) is 95.2 cm³/mol. The van der Waals surface area contributed by atoms with E-state index in [9.17, 15) is 14.7 Å². The predicted octanol–water partition coefficient (Wildman–Crippen LogP) is 3.69. The van der Waals surface area contributed by atoms with E-state index in [2.05, 4.69) is 6.92 Å². The molecule has 0 bridgehead atoms. The van der Waals surface area contributed by atoms with Crippen molar-refractivity contribution >= 4 is 23.6 Å². The van der Waals surface area contributed by atoms with Crippen LogP contribution in [0.5, 0.6) is 5.75 Å². The van der Waals surface area contributed by atoms with Gasteiger partial charge in [-0.05, 0) is 31.0 Å². The minimum Gasteiger partial charge on any atom is -0.494 e. The van der Waals surface area contributed by atoms with Gasteiger partial charge >= 0.3 is 5.97 Å². The van der Waals surface area contributed by atoms with E-state index in [1.165, 1.54) is 11.8 Å². The number of hydrogen-bond donors (Lipinski definition) is 1. The largest absolute Gasteiger partial charge is 0.494 e. The molecule has 1 aliphatic rings. The van der Waals surface area contributed by atoms with Gasteiger partial charge in [-0.25, -0.2) is 4.79 Å². The summed E-state index contributed by atoms with van der Waals surface area (Å²) in [5, 5.41) is 9.22. The van der Waals surface area contributed by atoms with Gasteiger partial charge in [0, 0.05) is 12.2 Å². The second-order valence-electron chi connectivity index (χ2n) is 5.80.